The molecule has 6 nitrogen and oxygen atoms in total. The zero-order valence-corrected chi connectivity index (χ0v) is 11.0. The van der Waals surface area contributed by atoms with Gasteiger partial charge in [-0.2, -0.15) is 0 Å². The Morgan fingerprint density at radius 1 is 1.33 bits per heavy atom. The van der Waals surface area contributed by atoms with Crippen molar-refractivity contribution >= 4 is 0 Å². The van der Waals surface area contributed by atoms with Gasteiger partial charge in [-0.1, -0.05) is 0 Å². The van der Waals surface area contributed by atoms with Crippen molar-refractivity contribution in [1.82, 2.24) is 14.0 Å². The van der Waals surface area contributed by atoms with E-state index in [2.05, 4.69) is 11.8 Å². The third-order valence-electron chi connectivity index (χ3n) is 3.50. The Morgan fingerprint density at radius 2 is 2.06 bits per heavy atom. The smallest absolute Gasteiger partial charge is 0.330 e. The Balaban J connectivity index is 2.29. The molecule has 0 amide bonds. The van der Waals surface area contributed by atoms with Crippen LogP contribution in [0.4, 0.5) is 0 Å². The second-order valence-corrected chi connectivity index (χ2v) is 4.77. The molecule has 1 atom stereocenters. The molecule has 2 heterocycles. The molecule has 18 heavy (non-hydrogen) atoms. The van der Waals surface area contributed by atoms with E-state index in [0.29, 0.717) is 25.8 Å². The van der Waals surface area contributed by atoms with Crippen LogP contribution in [0.5, 0.6) is 0 Å². The standard InChI is InChI=1S/C12H19N3O3/c1-9-8-18-5-4-15(9)7-10-6-11(16)14(3)12(17)13(10)2/h6,9H,4-5,7-8H2,1-3H3/t9-/m0/s1. The van der Waals surface area contributed by atoms with Crippen molar-refractivity contribution in [2.45, 2.75) is 19.5 Å². The van der Waals surface area contributed by atoms with E-state index in [9.17, 15) is 9.59 Å². The molecule has 0 aromatic carbocycles. The maximum atomic E-state index is 11.8. The molecule has 1 aliphatic heterocycles. The van der Waals surface area contributed by atoms with Gasteiger partial charge in [0.2, 0.25) is 0 Å². The predicted octanol–water partition coefficient (Wildman–Crippen LogP) is -0.695. The number of aromatic nitrogens is 2. The van der Waals surface area contributed by atoms with E-state index in [1.165, 1.54) is 17.7 Å². The van der Waals surface area contributed by atoms with Crippen LogP contribution in [-0.4, -0.2) is 39.8 Å². The maximum Gasteiger partial charge on any atom is 0.330 e. The van der Waals surface area contributed by atoms with Gasteiger partial charge in [0.15, 0.2) is 0 Å². The van der Waals surface area contributed by atoms with E-state index in [-0.39, 0.29) is 11.2 Å². The average Bonchev–Trinajstić information content (AvgIpc) is 2.36. The Kier molecular flexibility index (Phi) is 3.68. The van der Waals surface area contributed by atoms with Gasteiger partial charge in [-0.3, -0.25) is 18.8 Å². The molecular formula is C12H19N3O3. The van der Waals surface area contributed by atoms with Gasteiger partial charge in [0, 0.05) is 45.0 Å². The third-order valence-corrected chi connectivity index (χ3v) is 3.50. The van der Waals surface area contributed by atoms with E-state index in [1.54, 1.807) is 7.05 Å². The number of nitrogens with zero attached hydrogens (tertiary/aromatic N) is 3. The summed E-state index contributed by atoms with van der Waals surface area (Å²) in [4.78, 5) is 25.7. The quantitative estimate of drug-likeness (QED) is 0.700. The number of morpholine rings is 1. The van der Waals surface area contributed by atoms with Crippen LogP contribution in [0.25, 0.3) is 0 Å². The minimum atomic E-state index is -0.279. The van der Waals surface area contributed by atoms with Crippen molar-refractivity contribution in [2.75, 3.05) is 19.8 Å². The summed E-state index contributed by atoms with van der Waals surface area (Å²) < 4.78 is 8.02. The predicted molar refractivity (Wildman–Crippen MR) is 67.6 cm³/mol. The molecule has 0 unspecified atom stereocenters. The van der Waals surface area contributed by atoms with E-state index in [0.717, 1.165) is 16.8 Å². The number of ether oxygens (including phenoxy) is 1. The molecule has 1 aromatic heterocycles. The molecule has 100 valence electrons. The lowest BCUT2D eigenvalue weighted by molar-refractivity contribution is -0.00544. The summed E-state index contributed by atoms with van der Waals surface area (Å²) in [6.45, 7) is 4.90. The maximum absolute atomic E-state index is 11.8. The van der Waals surface area contributed by atoms with Gasteiger partial charge in [-0.25, -0.2) is 4.79 Å². The molecule has 0 radical (unpaired) electrons. The Bertz CT molecular complexity index is 546. The molecule has 1 aromatic rings. The first-order valence-electron chi connectivity index (χ1n) is 6.08. The highest BCUT2D eigenvalue weighted by molar-refractivity contribution is 5.02. The van der Waals surface area contributed by atoms with Crippen molar-refractivity contribution in [3.05, 3.63) is 32.6 Å². The molecule has 1 fully saturated rings. The normalized spacial score (nSPS) is 21.2. The summed E-state index contributed by atoms with van der Waals surface area (Å²) in [5, 5.41) is 0. The van der Waals surface area contributed by atoms with Crippen LogP contribution >= 0.6 is 0 Å². The SMILES string of the molecule is C[C@H]1COCCN1Cc1cc(=O)n(C)c(=O)n1C. The lowest BCUT2D eigenvalue weighted by Crippen LogP contribution is -2.45. The van der Waals surface area contributed by atoms with Crippen LogP contribution in [0.1, 0.15) is 12.6 Å². The Morgan fingerprint density at radius 3 is 2.72 bits per heavy atom. The molecule has 2 rings (SSSR count). The minimum absolute atomic E-state index is 0.256. The van der Waals surface area contributed by atoms with Gasteiger partial charge in [0.25, 0.3) is 5.56 Å². The van der Waals surface area contributed by atoms with Gasteiger partial charge in [-0.05, 0) is 6.92 Å². The summed E-state index contributed by atoms with van der Waals surface area (Å²) in [6.07, 6.45) is 0. The Labute approximate surface area is 105 Å². The third kappa shape index (κ3) is 2.39. The van der Waals surface area contributed by atoms with Crippen LogP contribution in [-0.2, 0) is 25.4 Å². The molecule has 0 N–H and O–H groups in total. The zero-order valence-electron chi connectivity index (χ0n) is 11.0. The van der Waals surface area contributed by atoms with Gasteiger partial charge >= 0.3 is 5.69 Å². The molecule has 1 saturated heterocycles. The van der Waals surface area contributed by atoms with Gasteiger partial charge < -0.3 is 4.74 Å². The number of rotatable bonds is 2. The van der Waals surface area contributed by atoms with E-state index < -0.39 is 0 Å². The number of hydrogen-bond acceptors (Lipinski definition) is 4. The fraction of sp³-hybridized carbons (Fsp3) is 0.667. The molecule has 6 heteroatoms. The lowest BCUT2D eigenvalue weighted by atomic mass is 10.2. The van der Waals surface area contributed by atoms with Crippen molar-refractivity contribution in [1.29, 1.82) is 0 Å². The minimum Gasteiger partial charge on any atom is -0.379 e. The fourth-order valence-corrected chi connectivity index (χ4v) is 2.13. The summed E-state index contributed by atoms with van der Waals surface area (Å²) in [7, 11) is 3.19. The van der Waals surface area contributed by atoms with Crippen LogP contribution < -0.4 is 11.2 Å². The molecule has 0 aliphatic carbocycles. The first-order chi connectivity index (χ1) is 8.50. The van der Waals surface area contributed by atoms with Crippen LogP contribution in [0.2, 0.25) is 0 Å². The van der Waals surface area contributed by atoms with E-state index in [4.69, 9.17) is 4.74 Å². The fourth-order valence-electron chi connectivity index (χ4n) is 2.13. The summed E-state index contributed by atoms with van der Waals surface area (Å²) in [5.41, 5.74) is 0.212. The van der Waals surface area contributed by atoms with Crippen molar-refractivity contribution < 1.29 is 4.74 Å². The lowest BCUT2D eigenvalue weighted by Gasteiger charge is -2.33. The van der Waals surface area contributed by atoms with Crippen LogP contribution in [0.15, 0.2) is 15.7 Å². The first kappa shape index (κ1) is 13.0. The van der Waals surface area contributed by atoms with Crippen molar-refractivity contribution in [3.8, 4) is 0 Å². The van der Waals surface area contributed by atoms with E-state index >= 15 is 0 Å². The summed E-state index contributed by atoms with van der Waals surface area (Å²) in [5.74, 6) is 0. The van der Waals surface area contributed by atoms with Gasteiger partial charge in [0.1, 0.15) is 0 Å². The van der Waals surface area contributed by atoms with Gasteiger partial charge in [0.05, 0.1) is 13.2 Å². The van der Waals surface area contributed by atoms with Crippen molar-refractivity contribution in [3.63, 3.8) is 0 Å². The summed E-state index contributed by atoms with van der Waals surface area (Å²) in [6, 6.07) is 1.83. The zero-order chi connectivity index (χ0) is 13.3. The van der Waals surface area contributed by atoms with Gasteiger partial charge in [-0.15, -0.1) is 0 Å². The molecule has 0 spiro atoms. The van der Waals surface area contributed by atoms with Crippen LogP contribution in [0.3, 0.4) is 0 Å². The molecule has 1 aliphatic rings. The second-order valence-electron chi connectivity index (χ2n) is 4.77. The molecule has 0 saturated carbocycles. The second kappa shape index (κ2) is 5.07. The molecular weight excluding hydrogens is 234 g/mol. The number of hydrogen-bond donors (Lipinski definition) is 0. The first-order valence-corrected chi connectivity index (χ1v) is 6.08. The highest BCUT2D eigenvalue weighted by atomic mass is 16.5. The summed E-state index contributed by atoms with van der Waals surface area (Å²) >= 11 is 0. The molecule has 0 bridgehead atoms. The monoisotopic (exact) mass is 253 g/mol. The van der Waals surface area contributed by atoms with Crippen LogP contribution in [0, 0.1) is 0 Å². The average molecular weight is 253 g/mol. The Hall–Kier alpha value is -1.40. The van der Waals surface area contributed by atoms with Crippen molar-refractivity contribution in [2.24, 2.45) is 14.1 Å². The highest BCUT2D eigenvalue weighted by Gasteiger charge is 2.20. The van der Waals surface area contributed by atoms with E-state index in [1.807, 2.05) is 0 Å². The highest BCUT2D eigenvalue weighted by Crippen LogP contribution is 2.09. The topological polar surface area (TPSA) is 56.5 Å². The largest absolute Gasteiger partial charge is 0.379 e.